The fourth-order valence-corrected chi connectivity index (χ4v) is 3.77. The summed E-state index contributed by atoms with van der Waals surface area (Å²) in [4.78, 5) is 12.5. The van der Waals surface area contributed by atoms with Gasteiger partial charge in [0.05, 0.1) is 16.9 Å². The van der Waals surface area contributed by atoms with E-state index in [1.807, 2.05) is 0 Å². The molecule has 2 aromatic carbocycles. The number of nitrogens with zero attached hydrogens (tertiary/aromatic N) is 2. The van der Waals surface area contributed by atoms with E-state index in [1.165, 1.54) is 30.3 Å². The molecular formula is C18H13F2N3OS. The average Bonchev–Trinajstić information content (AvgIpc) is 3.19. The number of carbonyl (C=O) groups excluding carboxylic acids is 1. The molecule has 7 heteroatoms. The van der Waals surface area contributed by atoms with E-state index in [0.29, 0.717) is 17.3 Å². The lowest BCUT2D eigenvalue weighted by Gasteiger charge is -2.11. The van der Waals surface area contributed by atoms with Crippen LogP contribution in [0.5, 0.6) is 0 Å². The minimum Gasteiger partial charge on any atom is -0.306 e. The normalized spacial score (nSPS) is 12.9. The van der Waals surface area contributed by atoms with Gasteiger partial charge in [-0.1, -0.05) is 12.1 Å². The van der Waals surface area contributed by atoms with Crippen LogP contribution in [0, 0.1) is 11.6 Å². The molecule has 1 N–H and O–H groups in total. The van der Waals surface area contributed by atoms with Crippen LogP contribution in [0.4, 0.5) is 14.6 Å². The topological polar surface area (TPSA) is 46.9 Å². The van der Waals surface area contributed by atoms with Crippen molar-refractivity contribution >= 4 is 23.5 Å². The molecule has 0 unspecified atom stereocenters. The van der Waals surface area contributed by atoms with Crippen molar-refractivity contribution in [1.82, 2.24) is 9.78 Å². The van der Waals surface area contributed by atoms with Gasteiger partial charge in [-0.2, -0.15) is 16.9 Å². The van der Waals surface area contributed by atoms with E-state index >= 15 is 0 Å². The molecule has 0 saturated heterocycles. The van der Waals surface area contributed by atoms with E-state index in [0.717, 1.165) is 17.0 Å². The number of amides is 1. The first kappa shape index (κ1) is 15.8. The Kier molecular flexibility index (Phi) is 4.01. The standard InChI is InChI=1S/C18H13F2N3OS/c19-11-5-7-12(8-6-11)23-17(14-9-25-10-16(14)22-23)21-18(24)13-3-1-2-4-15(13)20/h1-8H,9-10H2,(H,21,24). The maximum atomic E-state index is 13.9. The highest BCUT2D eigenvalue weighted by molar-refractivity contribution is 7.98. The Bertz CT molecular complexity index is 953. The van der Waals surface area contributed by atoms with E-state index in [4.69, 9.17) is 0 Å². The van der Waals surface area contributed by atoms with E-state index in [2.05, 4.69) is 10.4 Å². The second-order valence-corrected chi connectivity index (χ2v) is 6.57. The van der Waals surface area contributed by atoms with Crippen molar-refractivity contribution in [3.63, 3.8) is 0 Å². The van der Waals surface area contributed by atoms with Crippen LogP contribution in [0.15, 0.2) is 48.5 Å². The van der Waals surface area contributed by atoms with Crippen LogP contribution < -0.4 is 5.32 Å². The lowest BCUT2D eigenvalue weighted by molar-refractivity contribution is 0.102. The van der Waals surface area contributed by atoms with E-state index in [1.54, 1.807) is 34.6 Å². The summed E-state index contributed by atoms with van der Waals surface area (Å²) < 4.78 is 28.6. The van der Waals surface area contributed by atoms with Gasteiger partial charge in [-0.05, 0) is 36.4 Å². The van der Waals surface area contributed by atoms with Gasteiger partial charge in [-0.3, -0.25) is 4.79 Å². The van der Waals surface area contributed by atoms with Crippen molar-refractivity contribution in [1.29, 1.82) is 0 Å². The number of benzene rings is 2. The number of halogens is 2. The summed E-state index contributed by atoms with van der Waals surface area (Å²) in [5.74, 6) is 0.478. The van der Waals surface area contributed by atoms with Crippen molar-refractivity contribution in [2.45, 2.75) is 11.5 Å². The van der Waals surface area contributed by atoms with Gasteiger partial charge in [-0.25, -0.2) is 13.5 Å². The second kappa shape index (κ2) is 6.33. The fraction of sp³-hybridized carbons (Fsp3) is 0.111. The molecule has 126 valence electrons. The molecule has 0 atom stereocenters. The molecule has 1 aliphatic heterocycles. The molecule has 0 bridgehead atoms. The van der Waals surface area contributed by atoms with E-state index in [-0.39, 0.29) is 11.4 Å². The number of nitrogens with one attached hydrogen (secondary N) is 1. The molecule has 1 aliphatic rings. The Morgan fingerprint density at radius 3 is 2.60 bits per heavy atom. The Labute approximate surface area is 146 Å². The van der Waals surface area contributed by atoms with E-state index in [9.17, 15) is 13.6 Å². The number of fused-ring (bicyclic) bond motifs is 1. The third-order valence-corrected chi connectivity index (χ3v) is 4.94. The smallest absolute Gasteiger partial charge is 0.259 e. The van der Waals surface area contributed by atoms with Crippen LogP contribution in [0.25, 0.3) is 5.69 Å². The zero-order valence-corrected chi connectivity index (χ0v) is 13.8. The number of hydrogen-bond donors (Lipinski definition) is 1. The maximum Gasteiger partial charge on any atom is 0.259 e. The van der Waals surface area contributed by atoms with Gasteiger partial charge in [-0.15, -0.1) is 0 Å². The SMILES string of the molecule is O=C(Nc1c2c(nn1-c1ccc(F)cc1)CSC2)c1ccccc1F. The van der Waals surface area contributed by atoms with Gasteiger partial charge in [0.25, 0.3) is 5.91 Å². The van der Waals surface area contributed by atoms with Gasteiger partial charge in [0, 0.05) is 17.1 Å². The summed E-state index contributed by atoms with van der Waals surface area (Å²) in [6.45, 7) is 0. The van der Waals surface area contributed by atoms with Gasteiger partial charge in [0.1, 0.15) is 17.5 Å². The molecule has 2 heterocycles. The van der Waals surface area contributed by atoms with Gasteiger partial charge in [0.2, 0.25) is 0 Å². The monoisotopic (exact) mass is 357 g/mol. The molecule has 1 amide bonds. The quantitative estimate of drug-likeness (QED) is 0.766. The van der Waals surface area contributed by atoms with Crippen LogP contribution in [-0.2, 0) is 11.5 Å². The predicted octanol–water partition coefficient (Wildman–Crippen LogP) is 4.15. The van der Waals surface area contributed by atoms with Gasteiger partial charge >= 0.3 is 0 Å². The summed E-state index contributed by atoms with van der Waals surface area (Å²) in [5.41, 5.74) is 2.38. The number of thioether (sulfide) groups is 1. The fourth-order valence-electron chi connectivity index (χ4n) is 2.73. The number of carbonyl (C=O) groups is 1. The third kappa shape index (κ3) is 2.91. The Morgan fingerprint density at radius 2 is 1.84 bits per heavy atom. The molecule has 0 fully saturated rings. The minimum absolute atomic E-state index is 0.0336. The van der Waals surface area contributed by atoms with Crippen LogP contribution in [0.1, 0.15) is 21.6 Å². The van der Waals surface area contributed by atoms with Crippen LogP contribution >= 0.6 is 11.8 Å². The average molecular weight is 357 g/mol. The highest BCUT2D eigenvalue weighted by atomic mass is 32.2. The van der Waals surface area contributed by atoms with E-state index < -0.39 is 11.7 Å². The number of anilines is 1. The molecule has 1 aromatic heterocycles. The van der Waals surface area contributed by atoms with Crippen molar-refractivity contribution in [3.8, 4) is 5.69 Å². The molecule has 0 radical (unpaired) electrons. The molecular weight excluding hydrogens is 344 g/mol. The lowest BCUT2D eigenvalue weighted by Crippen LogP contribution is -2.17. The predicted molar refractivity (Wildman–Crippen MR) is 92.9 cm³/mol. The van der Waals surface area contributed by atoms with Gasteiger partial charge in [0.15, 0.2) is 0 Å². The maximum absolute atomic E-state index is 13.9. The van der Waals surface area contributed by atoms with Gasteiger partial charge < -0.3 is 5.32 Å². The summed E-state index contributed by atoms with van der Waals surface area (Å²) in [5, 5.41) is 7.30. The Balaban J connectivity index is 1.75. The number of hydrogen-bond acceptors (Lipinski definition) is 3. The largest absolute Gasteiger partial charge is 0.306 e. The molecule has 0 aliphatic carbocycles. The molecule has 0 spiro atoms. The summed E-state index contributed by atoms with van der Waals surface area (Å²) in [6.07, 6.45) is 0. The first-order valence-electron chi connectivity index (χ1n) is 7.64. The molecule has 4 nitrogen and oxygen atoms in total. The first-order chi connectivity index (χ1) is 12.1. The lowest BCUT2D eigenvalue weighted by atomic mass is 10.2. The molecule has 25 heavy (non-hydrogen) atoms. The molecule has 4 rings (SSSR count). The summed E-state index contributed by atoms with van der Waals surface area (Å²) >= 11 is 1.69. The van der Waals surface area contributed by atoms with Crippen molar-refractivity contribution in [2.75, 3.05) is 5.32 Å². The molecule has 0 saturated carbocycles. The minimum atomic E-state index is -0.584. The summed E-state index contributed by atoms with van der Waals surface area (Å²) in [6, 6.07) is 11.6. The number of aromatic nitrogens is 2. The van der Waals surface area contributed by atoms with Crippen LogP contribution in [0.3, 0.4) is 0 Å². The van der Waals surface area contributed by atoms with Crippen LogP contribution in [-0.4, -0.2) is 15.7 Å². The summed E-state index contributed by atoms with van der Waals surface area (Å²) in [7, 11) is 0. The second-order valence-electron chi connectivity index (χ2n) is 5.59. The molecule has 3 aromatic rings. The highest BCUT2D eigenvalue weighted by Gasteiger charge is 2.25. The first-order valence-corrected chi connectivity index (χ1v) is 8.79. The zero-order valence-electron chi connectivity index (χ0n) is 13.0. The number of rotatable bonds is 3. The third-order valence-electron chi connectivity index (χ3n) is 3.97. The van der Waals surface area contributed by atoms with Crippen molar-refractivity contribution in [2.24, 2.45) is 0 Å². The highest BCUT2D eigenvalue weighted by Crippen LogP contribution is 2.36. The van der Waals surface area contributed by atoms with Crippen molar-refractivity contribution in [3.05, 3.63) is 77.0 Å². The Hall–Kier alpha value is -2.67. The Morgan fingerprint density at radius 1 is 1.08 bits per heavy atom. The van der Waals surface area contributed by atoms with Crippen molar-refractivity contribution < 1.29 is 13.6 Å². The van der Waals surface area contributed by atoms with Crippen LogP contribution in [0.2, 0.25) is 0 Å². The zero-order chi connectivity index (χ0) is 17.4.